The van der Waals surface area contributed by atoms with Gasteiger partial charge in [-0.25, -0.2) is 0 Å². The molecule has 1 aromatic carbocycles. The molecule has 0 saturated heterocycles. The Labute approximate surface area is 192 Å². The average Bonchev–Trinajstić information content (AvgIpc) is 2.70. The maximum Gasteiger partial charge on any atom is 0.309 e. The van der Waals surface area contributed by atoms with E-state index in [2.05, 4.69) is 0 Å². The Morgan fingerprint density at radius 2 is 1.12 bits per heavy atom. The molecule has 0 spiro atoms. The molecule has 32 heavy (non-hydrogen) atoms. The first-order chi connectivity index (χ1) is 14.9. The van der Waals surface area contributed by atoms with Crippen LogP contribution in [0.1, 0.15) is 103 Å². The lowest BCUT2D eigenvalue weighted by Crippen LogP contribution is -2.23. The van der Waals surface area contributed by atoms with Crippen LogP contribution >= 0.6 is 0 Å². The molecule has 0 aliphatic rings. The third kappa shape index (κ3) is 9.49. The number of hydrogen-bond donors (Lipinski definition) is 4. The van der Waals surface area contributed by atoms with E-state index in [1.165, 1.54) is 0 Å². The van der Waals surface area contributed by atoms with E-state index in [1.54, 1.807) is 33.8 Å². The minimum Gasteiger partial charge on any atom is -0.504 e. The van der Waals surface area contributed by atoms with E-state index in [9.17, 15) is 19.8 Å². The number of aryl methyl sites for hydroxylation is 2. The number of aliphatic carboxylic acids is 2. The molecule has 0 radical (unpaired) electrons. The lowest BCUT2D eigenvalue weighted by atomic mass is 9.87. The third-order valence-electron chi connectivity index (χ3n) is 6.40. The van der Waals surface area contributed by atoms with Crippen LogP contribution in [0.15, 0.2) is 12.1 Å². The summed E-state index contributed by atoms with van der Waals surface area (Å²) >= 11 is 0. The fourth-order valence-corrected chi connectivity index (χ4v) is 3.78. The number of benzene rings is 1. The third-order valence-corrected chi connectivity index (χ3v) is 6.40. The van der Waals surface area contributed by atoms with Gasteiger partial charge in [0.25, 0.3) is 0 Å². The first-order valence-corrected chi connectivity index (χ1v) is 11.9. The van der Waals surface area contributed by atoms with E-state index in [4.69, 9.17) is 10.2 Å². The molecule has 0 atom stereocenters. The maximum atomic E-state index is 11.1. The lowest BCUT2D eigenvalue weighted by molar-refractivity contribution is -0.148. The van der Waals surface area contributed by atoms with Crippen molar-refractivity contribution in [2.24, 2.45) is 10.8 Å². The smallest absolute Gasteiger partial charge is 0.309 e. The summed E-state index contributed by atoms with van der Waals surface area (Å²) in [5.41, 5.74) is 0.396. The Bertz CT molecular complexity index is 751. The number of carbonyl (C=O) groups is 2. The second-order valence-corrected chi connectivity index (χ2v) is 10.3. The van der Waals surface area contributed by atoms with Crippen molar-refractivity contribution >= 4 is 11.9 Å². The first kappa shape index (κ1) is 27.8. The van der Waals surface area contributed by atoms with Gasteiger partial charge in [-0.1, -0.05) is 44.6 Å². The number of carboxylic acid groups (broad SMARTS) is 2. The molecule has 182 valence electrons. The quantitative estimate of drug-likeness (QED) is 0.173. The maximum absolute atomic E-state index is 11.1. The summed E-state index contributed by atoms with van der Waals surface area (Å²) in [4.78, 5) is 22.3. The van der Waals surface area contributed by atoms with Gasteiger partial charge >= 0.3 is 11.9 Å². The molecule has 0 aromatic heterocycles. The second-order valence-electron chi connectivity index (χ2n) is 10.3. The van der Waals surface area contributed by atoms with Crippen LogP contribution in [-0.2, 0) is 22.4 Å². The van der Waals surface area contributed by atoms with E-state index in [0.717, 1.165) is 68.9 Å². The van der Waals surface area contributed by atoms with Crippen molar-refractivity contribution in [3.8, 4) is 11.5 Å². The van der Waals surface area contributed by atoms with E-state index in [-0.39, 0.29) is 11.5 Å². The topological polar surface area (TPSA) is 115 Å². The van der Waals surface area contributed by atoms with E-state index < -0.39 is 22.8 Å². The van der Waals surface area contributed by atoms with Gasteiger partial charge in [0, 0.05) is 0 Å². The summed E-state index contributed by atoms with van der Waals surface area (Å²) in [5, 5.41) is 38.6. The van der Waals surface area contributed by atoms with Gasteiger partial charge < -0.3 is 20.4 Å². The number of rotatable bonds is 16. The number of unbranched alkanes of at least 4 members (excludes halogenated alkanes) is 6. The molecule has 0 aliphatic heterocycles. The van der Waals surface area contributed by atoms with Gasteiger partial charge in [0.1, 0.15) is 0 Å². The number of phenolic OH excluding ortho intramolecular Hbond substituents is 2. The van der Waals surface area contributed by atoms with Crippen LogP contribution in [0.3, 0.4) is 0 Å². The summed E-state index contributed by atoms with van der Waals surface area (Å²) in [6, 6.07) is 3.59. The van der Waals surface area contributed by atoms with Crippen LogP contribution in [0, 0.1) is 10.8 Å². The summed E-state index contributed by atoms with van der Waals surface area (Å²) in [5.74, 6) is -1.65. The number of hydrogen-bond acceptors (Lipinski definition) is 4. The summed E-state index contributed by atoms with van der Waals surface area (Å²) in [7, 11) is 0. The number of aromatic hydroxyl groups is 2. The van der Waals surface area contributed by atoms with Crippen LogP contribution in [0.2, 0.25) is 0 Å². The Morgan fingerprint density at radius 3 is 1.59 bits per heavy atom. The largest absolute Gasteiger partial charge is 0.504 e. The zero-order valence-corrected chi connectivity index (χ0v) is 20.2. The zero-order valence-electron chi connectivity index (χ0n) is 20.2. The van der Waals surface area contributed by atoms with Crippen molar-refractivity contribution < 1.29 is 30.0 Å². The van der Waals surface area contributed by atoms with E-state index >= 15 is 0 Å². The standard InChI is InChI=1S/C26H42O6/c1-25(2,23(29)30)15-11-7-5-9-13-19-17-20(22(28)21(27)18-19)14-10-6-8-12-16-26(3,4)24(31)32/h17-18,27-28H,5-16H2,1-4H3,(H,29,30)(H,31,32). The van der Waals surface area contributed by atoms with Crippen LogP contribution in [0.5, 0.6) is 11.5 Å². The number of carboxylic acids is 2. The van der Waals surface area contributed by atoms with Gasteiger partial charge in [0.15, 0.2) is 11.5 Å². The van der Waals surface area contributed by atoms with E-state index in [1.807, 2.05) is 6.07 Å². The minimum absolute atomic E-state index is 0.0448. The SMILES string of the molecule is CC(C)(CCCCCCc1cc(O)c(O)c(CCCCCCC(C)(C)C(=O)O)c1)C(=O)O. The molecule has 1 aromatic rings. The molecule has 0 heterocycles. The highest BCUT2D eigenvalue weighted by Crippen LogP contribution is 2.33. The predicted octanol–water partition coefficient (Wildman–Crippen LogP) is 6.31. The van der Waals surface area contributed by atoms with Crippen molar-refractivity contribution in [3.05, 3.63) is 23.3 Å². The van der Waals surface area contributed by atoms with Crippen molar-refractivity contribution in [1.29, 1.82) is 0 Å². The van der Waals surface area contributed by atoms with Gasteiger partial charge in [-0.2, -0.15) is 0 Å². The lowest BCUT2D eigenvalue weighted by Gasteiger charge is -2.18. The molecule has 6 heteroatoms. The molecule has 0 amide bonds. The predicted molar refractivity (Wildman–Crippen MR) is 126 cm³/mol. The van der Waals surface area contributed by atoms with Crippen LogP contribution < -0.4 is 0 Å². The van der Waals surface area contributed by atoms with Crippen molar-refractivity contribution in [2.45, 2.75) is 105 Å². The molecule has 6 nitrogen and oxygen atoms in total. The monoisotopic (exact) mass is 450 g/mol. The first-order valence-electron chi connectivity index (χ1n) is 11.9. The van der Waals surface area contributed by atoms with Crippen molar-refractivity contribution in [1.82, 2.24) is 0 Å². The van der Waals surface area contributed by atoms with Gasteiger partial charge in [-0.05, 0) is 83.4 Å². The van der Waals surface area contributed by atoms with Crippen molar-refractivity contribution in [3.63, 3.8) is 0 Å². The normalized spacial score (nSPS) is 12.1. The highest BCUT2D eigenvalue weighted by atomic mass is 16.4. The molecule has 0 unspecified atom stereocenters. The molecule has 0 fully saturated rings. The minimum atomic E-state index is -0.765. The van der Waals surface area contributed by atoms with Crippen LogP contribution in [-0.4, -0.2) is 32.4 Å². The highest BCUT2D eigenvalue weighted by molar-refractivity contribution is 5.73. The Hall–Kier alpha value is -2.24. The summed E-state index contributed by atoms with van der Waals surface area (Å²) in [6.07, 6.45) is 10.3. The van der Waals surface area contributed by atoms with Gasteiger partial charge in [0.2, 0.25) is 0 Å². The van der Waals surface area contributed by atoms with Gasteiger partial charge in [0.05, 0.1) is 10.8 Å². The molecule has 1 rings (SSSR count). The Kier molecular flexibility index (Phi) is 11.0. The molecule has 4 N–H and O–H groups in total. The highest BCUT2D eigenvalue weighted by Gasteiger charge is 2.26. The van der Waals surface area contributed by atoms with Gasteiger partial charge in [-0.15, -0.1) is 0 Å². The van der Waals surface area contributed by atoms with Crippen LogP contribution in [0.4, 0.5) is 0 Å². The summed E-state index contributed by atoms with van der Waals surface area (Å²) < 4.78 is 0. The van der Waals surface area contributed by atoms with Gasteiger partial charge in [-0.3, -0.25) is 9.59 Å². The molecule has 0 saturated carbocycles. The van der Waals surface area contributed by atoms with E-state index in [0.29, 0.717) is 19.3 Å². The average molecular weight is 451 g/mol. The summed E-state index contributed by atoms with van der Waals surface area (Å²) in [6.45, 7) is 7.01. The Morgan fingerprint density at radius 1 is 0.688 bits per heavy atom. The Balaban J connectivity index is 2.38. The van der Waals surface area contributed by atoms with Crippen LogP contribution in [0.25, 0.3) is 0 Å². The number of phenols is 2. The molecule has 0 bridgehead atoms. The second kappa shape index (κ2) is 12.7. The molecular weight excluding hydrogens is 408 g/mol. The molecular formula is C26H42O6. The fourth-order valence-electron chi connectivity index (χ4n) is 3.78. The van der Waals surface area contributed by atoms with Crippen molar-refractivity contribution in [2.75, 3.05) is 0 Å². The zero-order chi connectivity index (χ0) is 24.4. The molecule has 0 aliphatic carbocycles. The fraction of sp³-hybridized carbons (Fsp3) is 0.692.